The van der Waals surface area contributed by atoms with Crippen LogP contribution in [0.15, 0.2) is 36.7 Å². The van der Waals surface area contributed by atoms with Crippen LogP contribution in [-0.4, -0.2) is 49.1 Å². The molecule has 0 atom stereocenters. The molecule has 0 unspecified atom stereocenters. The molecule has 0 aliphatic carbocycles. The van der Waals surface area contributed by atoms with Crippen molar-refractivity contribution < 1.29 is 9.53 Å². The van der Waals surface area contributed by atoms with E-state index in [2.05, 4.69) is 40.0 Å². The molecule has 1 N–H and O–H groups in total. The van der Waals surface area contributed by atoms with Gasteiger partial charge in [0.05, 0.1) is 17.7 Å². The fourth-order valence-corrected chi connectivity index (χ4v) is 4.51. The normalized spacial score (nSPS) is 14.7. The first-order valence-electron chi connectivity index (χ1n) is 11.1. The van der Waals surface area contributed by atoms with Gasteiger partial charge in [0.2, 0.25) is 0 Å². The number of nitrogens with zero attached hydrogens (tertiary/aromatic N) is 3. The van der Waals surface area contributed by atoms with Gasteiger partial charge >= 0.3 is 5.97 Å². The Balaban J connectivity index is 1.86. The monoisotopic (exact) mass is 420 g/mol. The average molecular weight is 421 g/mol. The number of hydrogen-bond acceptors (Lipinski definition) is 5. The smallest absolute Gasteiger partial charge is 0.338 e. The molecule has 0 spiro atoms. The molecule has 0 bridgehead atoms. The summed E-state index contributed by atoms with van der Waals surface area (Å²) in [6, 6.07) is 8.25. The standard InChI is InChI=1S/C25H32N4O2/c1-5-31-25(30)21-16-23-20(19-8-12-27-24(15-19)28(3)4)9-13-29(23)22(17(21)2)14-18-6-10-26-11-7-18/h8-9,12-13,15-16,18,26H,5-7,10-11,14H2,1-4H3. The summed E-state index contributed by atoms with van der Waals surface area (Å²) in [5.74, 6) is 1.28. The maximum Gasteiger partial charge on any atom is 0.338 e. The van der Waals surface area contributed by atoms with Crippen molar-refractivity contribution in [2.45, 2.75) is 33.1 Å². The summed E-state index contributed by atoms with van der Waals surface area (Å²) in [5.41, 5.74) is 6.12. The lowest BCUT2D eigenvalue weighted by Crippen LogP contribution is -2.29. The zero-order valence-corrected chi connectivity index (χ0v) is 18.9. The highest BCUT2D eigenvalue weighted by atomic mass is 16.5. The number of anilines is 1. The zero-order chi connectivity index (χ0) is 22.0. The molecule has 0 aromatic carbocycles. The fourth-order valence-electron chi connectivity index (χ4n) is 4.51. The Kier molecular flexibility index (Phi) is 6.28. The maximum absolute atomic E-state index is 12.8. The van der Waals surface area contributed by atoms with Gasteiger partial charge in [-0.05, 0) is 87.5 Å². The Bertz CT molecular complexity index is 1080. The SMILES string of the molecule is CCOC(=O)c1cc2c(-c3ccnc(N(C)C)c3)ccn2c(CC2CCNCC2)c1C. The Morgan fingerprint density at radius 3 is 2.74 bits per heavy atom. The van der Waals surface area contributed by atoms with Crippen LogP contribution < -0.4 is 10.2 Å². The van der Waals surface area contributed by atoms with Crippen molar-refractivity contribution in [3.8, 4) is 11.1 Å². The number of nitrogens with one attached hydrogen (secondary N) is 1. The van der Waals surface area contributed by atoms with Crippen LogP contribution in [0.2, 0.25) is 0 Å². The van der Waals surface area contributed by atoms with Crippen molar-refractivity contribution in [3.05, 3.63) is 53.5 Å². The molecule has 0 saturated carbocycles. The van der Waals surface area contributed by atoms with Crippen molar-refractivity contribution in [3.63, 3.8) is 0 Å². The van der Waals surface area contributed by atoms with Gasteiger partial charge in [0.25, 0.3) is 0 Å². The number of ether oxygens (including phenoxy) is 1. The van der Waals surface area contributed by atoms with Gasteiger partial charge in [-0.2, -0.15) is 0 Å². The lowest BCUT2D eigenvalue weighted by atomic mass is 9.90. The largest absolute Gasteiger partial charge is 0.462 e. The number of rotatable bonds is 6. The molecular formula is C25H32N4O2. The molecular weight excluding hydrogens is 388 g/mol. The van der Waals surface area contributed by atoms with Gasteiger partial charge in [-0.15, -0.1) is 0 Å². The van der Waals surface area contributed by atoms with Gasteiger partial charge in [0.15, 0.2) is 0 Å². The number of aromatic nitrogens is 2. The van der Waals surface area contributed by atoms with Crippen LogP contribution in [-0.2, 0) is 11.2 Å². The summed E-state index contributed by atoms with van der Waals surface area (Å²) in [7, 11) is 3.98. The molecule has 4 heterocycles. The van der Waals surface area contributed by atoms with Crippen LogP contribution in [0.3, 0.4) is 0 Å². The highest BCUT2D eigenvalue weighted by molar-refractivity contribution is 5.95. The van der Waals surface area contributed by atoms with E-state index in [0.717, 1.165) is 60.4 Å². The predicted molar refractivity (Wildman–Crippen MR) is 125 cm³/mol. The molecule has 4 rings (SSSR count). The second-order valence-electron chi connectivity index (χ2n) is 8.53. The van der Waals surface area contributed by atoms with E-state index in [-0.39, 0.29) is 5.97 Å². The van der Waals surface area contributed by atoms with Gasteiger partial charge in [-0.1, -0.05) is 0 Å². The Morgan fingerprint density at radius 2 is 2.03 bits per heavy atom. The number of hydrogen-bond donors (Lipinski definition) is 1. The minimum absolute atomic E-state index is 0.245. The molecule has 3 aromatic rings. The van der Waals surface area contributed by atoms with Gasteiger partial charge in [-0.3, -0.25) is 0 Å². The van der Waals surface area contributed by atoms with Crippen LogP contribution in [0.4, 0.5) is 5.82 Å². The van der Waals surface area contributed by atoms with Crippen molar-refractivity contribution in [1.29, 1.82) is 0 Å². The molecule has 1 fully saturated rings. The second kappa shape index (κ2) is 9.10. The number of esters is 1. The maximum atomic E-state index is 12.8. The van der Waals surface area contributed by atoms with Crippen LogP contribution in [0.5, 0.6) is 0 Å². The number of carbonyl (C=O) groups is 1. The summed E-state index contributed by atoms with van der Waals surface area (Å²) in [6.45, 7) is 6.40. The Hall–Kier alpha value is -2.86. The van der Waals surface area contributed by atoms with Crippen molar-refractivity contribution in [2.24, 2.45) is 5.92 Å². The van der Waals surface area contributed by atoms with E-state index >= 15 is 0 Å². The molecule has 1 saturated heterocycles. The topological polar surface area (TPSA) is 58.9 Å². The number of pyridine rings is 2. The van der Waals surface area contributed by atoms with Crippen LogP contribution in [0.1, 0.15) is 41.4 Å². The van der Waals surface area contributed by atoms with Crippen LogP contribution in [0, 0.1) is 12.8 Å². The van der Waals surface area contributed by atoms with Gasteiger partial charge < -0.3 is 19.4 Å². The van der Waals surface area contributed by atoms with E-state index in [1.54, 1.807) is 0 Å². The third-order valence-electron chi connectivity index (χ3n) is 6.29. The third kappa shape index (κ3) is 4.30. The van der Waals surface area contributed by atoms with Crippen molar-refractivity contribution in [1.82, 2.24) is 14.7 Å². The second-order valence-corrected chi connectivity index (χ2v) is 8.53. The first-order chi connectivity index (χ1) is 15.0. The number of piperidine rings is 1. The van der Waals surface area contributed by atoms with Gasteiger partial charge in [0, 0.05) is 37.7 Å². The first-order valence-corrected chi connectivity index (χ1v) is 11.1. The summed E-state index contributed by atoms with van der Waals surface area (Å²) in [4.78, 5) is 19.3. The molecule has 3 aromatic heterocycles. The molecule has 31 heavy (non-hydrogen) atoms. The van der Waals surface area contributed by atoms with Crippen molar-refractivity contribution in [2.75, 3.05) is 38.7 Å². The molecule has 0 radical (unpaired) electrons. The molecule has 6 heteroatoms. The van der Waals surface area contributed by atoms with Gasteiger partial charge in [-0.25, -0.2) is 9.78 Å². The molecule has 1 aliphatic rings. The molecule has 0 amide bonds. The predicted octanol–water partition coefficient (Wildman–Crippen LogP) is 4.09. The number of fused-ring (bicyclic) bond motifs is 1. The quantitative estimate of drug-likeness (QED) is 0.609. The van der Waals surface area contributed by atoms with E-state index < -0.39 is 0 Å². The lowest BCUT2D eigenvalue weighted by molar-refractivity contribution is 0.0525. The highest BCUT2D eigenvalue weighted by Crippen LogP contribution is 2.32. The van der Waals surface area contributed by atoms with E-state index in [0.29, 0.717) is 18.1 Å². The zero-order valence-electron chi connectivity index (χ0n) is 18.9. The summed E-state index contributed by atoms with van der Waals surface area (Å²) in [6.07, 6.45) is 7.26. The highest BCUT2D eigenvalue weighted by Gasteiger charge is 2.22. The summed E-state index contributed by atoms with van der Waals surface area (Å²) in [5, 5.41) is 3.45. The van der Waals surface area contributed by atoms with E-state index in [1.165, 1.54) is 5.69 Å². The number of carbonyl (C=O) groups excluding carboxylic acids is 1. The van der Waals surface area contributed by atoms with E-state index in [4.69, 9.17) is 4.74 Å². The molecule has 6 nitrogen and oxygen atoms in total. The van der Waals surface area contributed by atoms with E-state index in [1.807, 2.05) is 44.2 Å². The Labute approximate surface area is 184 Å². The summed E-state index contributed by atoms with van der Waals surface area (Å²) >= 11 is 0. The van der Waals surface area contributed by atoms with Crippen molar-refractivity contribution >= 4 is 17.3 Å². The lowest BCUT2D eigenvalue weighted by Gasteiger charge is -2.24. The average Bonchev–Trinajstić information content (AvgIpc) is 3.20. The molecule has 1 aliphatic heterocycles. The minimum atomic E-state index is -0.245. The minimum Gasteiger partial charge on any atom is -0.462 e. The van der Waals surface area contributed by atoms with Gasteiger partial charge in [0.1, 0.15) is 5.82 Å². The first kappa shape index (κ1) is 21.4. The summed E-state index contributed by atoms with van der Waals surface area (Å²) < 4.78 is 7.67. The Morgan fingerprint density at radius 1 is 1.26 bits per heavy atom. The third-order valence-corrected chi connectivity index (χ3v) is 6.29. The van der Waals surface area contributed by atoms with Crippen LogP contribution in [0.25, 0.3) is 16.6 Å². The van der Waals surface area contributed by atoms with Crippen LogP contribution >= 0.6 is 0 Å². The van der Waals surface area contributed by atoms with E-state index in [9.17, 15) is 4.79 Å². The molecule has 164 valence electrons. The fraction of sp³-hybridized carbons (Fsp3) is 0.440.